The van der Waals surface area contributed by atoms with Gasteiger partial charge >= 0.3 is 0 Å². The van der Waals surface area contributed by atoms with Gasteiger partial charge in [0.05, 0.1) is 0 Å². The van der Waals surface area contributed by atoms with Gasteiger partial charge in [0, 0.05) is 23.2 Å². The highest BCUT2D eigenvalue weighted by atomic mass is 35.5. The van der Waals surface area contributed by atoms with Crippen LogP contribution in [0.5, 0.6) is 0 Å². The first-order valence-electron chi connectivity index (χ1n) is 8.64. The van der Waals surface area contributed by atoms with Crippen LogP contribution in [0.2, 0.25) is 5.02 Å². The van der Waals surface area contributed by atoms with Crippen molar-refractivity contribution in [2.75, 3.05) is 6.54 Å². The maximum Gasteiger partial charge on any atom is 0.254 e. The van der Waals surface area contributed by atoms with Crippen molar-refractivity contribution in [3.05, 3.63) is 34.9 Å². The predicted molar refractivity (Wildman–Crippen MR) is 97.1 cm³/mol. The molecule has 1 fully saturated rings. The summed E-state index contributed by atoms with van der Waals surface area (Å²) >= 11 is 5.91. The highest BCUT2D eigenvalue weighted by Crippen LogP contribution is 2.22. The molecule has 0 unspecified atom stereocenters. The number of hydrogen-bond donors (Lipinski definition) is 1. The first-order chi connectivity index (χ1) is 11.3. The van der Waals surface area contributed by atoms with Gasteiger partial charge in [0.1, 0.15) is 6.04 Å². The SMILES string of the molecule is CC(C)C[C@H]1CN(C(=O)c2ccc(Cl)cc2)[C@@H](CC(C)C)C(=O)N1. The van der Waals surface area contributed by atoms with E-state index in [4.69, 9.17) is 11.6 Å². The van der Waals surface area contributed by atoms with Gasteiger partial charge in [0.2, 0.25) is 5.91 Å². The number of nitrogens with one attached hydrogen (secondary N) is 1. The Morgan fingerprint density at radius 1 is 1.17 bits per heavy atom. The van der Waals surface area contributed by atoms with Crippen LogP contribution in [0.4, 0.5) is 0 Å². The average Bonchev–Trinajstić information content (AvgIpc) is 2.49. The number of carbonyl (C=O) groups excluding carboxylic acids is 2. The van der Waals surface area contributed by atoms with Gasteiger partial charge in [-0.3, -0.25) is 9.59 Å². The van der Waals surface area contributed by atoms with Crippen molar-refractivity contribution in [1.82, 2.24) is 10.2 Å². The average molecular weight is 351 g/mol. The smallest absolute Gasteiger partial charge is 0.254 e. The van der Waals surface area contributed by atoms with Gasteiger partial charge in [-0.15, -0.1) is 0 Å². The molecule has 1 aromatic rings. The number of piperazine rings is 1. The second-order valence-electron chi connectivity index (χ2n) is 7.44. The molecule has 2 rings (SSSR count). The number of hydrogen-bond acceptors (Lipinski definition) is 2. The molecule has 0 radical (unpaired) electrons. The third kappa shape index (κ3) is 4.73. The summed E-state index contributed by atoms with van der Waals surface area (Å²) in [6.07, 6.45) is 1.53. The van der Waals surface area contributed by atoms with Gasteiger partial charge in [-0.2, -0.15) is 0 Å². The van der Waals surface area contributed by atoms with E-state index in [1.54, 1.807) is 29.2 Å². The Kier molecular flexibility index (Phi) is 6.27. The van der Waals surface area contributed by atoms with E-state index < -0.39 is 6.04 Å². The molecule has 4 nitrogen and oxygen atoms in total. The van der Waals surface area contributed by atoms with Crippen molar-refractivity contribution in [3.8, 4) is 0 Å². The molecule has 5 heteroatoms. The molecule has 132 valence electrons. The van der Waals surface area contributed by atoms with E-state index >= 15 is 0 Å². The molecule has 0 aromatic heterocycles. The van der Waals surface area contributed by atoms with E-state index in [2.05, 4.69) is 33.0 Å². The lowest BCUT2D eigenvalue weighted by Crippen LogP contribution is -2.62. The zero-order valence-corrected chi connectivity index (χ0v) is 15.6. The summed E-state index contributed by atoms with van der Waals surface area (Å²) in [5.41, 5.74) is 0.575. The van der Waals surface area contributed by atoms with Gasteiger partial charge < -0.3 is 10.2 Å². The molecular formula is C19H27ClN2O2. The molecule has 2 atom stereocenters. The Hall–Kier alpha value is -1.55. The van der Waals surface area contributed by atoms with Crippen LogP contribution in [0.1, 0.15) is 50.9 Å². The zero-order valence-electron chi connectivity index (χ0n) is 14.9. The quantitative estimate of drug-likeness (QED) is 0.879. The summed E-state index contributed by atoms with van der Waals surface area (Å²) in [5, 5.41) is 3.69. The summed E-state index contributed by atoms with van der Waals surface area (Å²) in [6, 6.07) is 6.47. The number of carbonyl (C=O) groups is 2. The molecule has 0 bridgehead atoms. The van der Waals surface area contributed by atoms with Gasteiger partial charge in [-0.25, -0.2) is 0 Å². The lowest BCUT2D eigenvalue weighted by molar-refractivity contribution is -0.130. The molecule has 1 heterocycles. The topological polar surface area (TPSA) is 49.4 Å². The Morgan fingerprint density at radius 3 is 2.29 bits per heavy atom. The second-order valence-corrected chi connectivity index (χ2v) is 7.88. The fraction of sp³-hybridized carbons (Fsp3) is 0.579. The standard InChI is InChI=1S/C19H27ClN2O2/c1-12(2)9-16-11-22(17(10-13(3)4)18(23)21-16)19(24)14-5-7-15(20)8-6-14/h5-8,12-13,16-17H,9-11H2,1-4H3,(H,21,23)/t16-,17-/m0/s1. The number of amides is 2. The van der Waals surface area contributed by atoms with Gasteiger partial charge in [0.15, 0.2) is 0 Å². The van der Waals surface area contributed by atoms with Crippen LogP contribution < -0.4 is 5.32 Å². The van der Waals surface area contributed by atoms with E-state index in [9.17, 15) is 9.59 Å². The van der Waals surface area contributed by atoms with Crippen LogP contribution in [-0.4, -0.2) is 35.3 Å². The predicted octanol–water partition coefficient (Wildman–Crippen LogP) is 3.74. The normalized spacial score (nSPS) is 21.3. The van der Waals surface area contributed by atoms with Crippen molar-refractivity contribution in [2.24, 2.45) is 11.8 Å². The van der Waals surface area contributed by atoms with Crippen molar-refractivity contribution in [1.29, 1.82) is 0 Å². The van der Waals surface area contributed by atoms with Crippen LogP contribution in [-0.2, 0) is 4.79 Å². The number of nitrogens with zero attached hydrogens (tertiary/aromatic N) is 1. The van der Waals surface area contributed by atoms with E-state index in [0.717, 1.165) is 6.42 Å². The maximum absolute atomic E-state index is 13.0. The lowest BCUT2D eigenvalue weighted by Gasteiger charge is -2.40. The van der Waals surface area contributed by atoms with Gasteiger partial charge in [-0.1, -0.05) is 39.3 Å². The Labute approximate surface area is 149 Å². The lowest BCUT2D eigenvalue weighted by atomic mass is 9.94. The minimum absolute atomic E-state index is 0.0113. The largest absolute Gasteiger partial charge is 0.350 e. The molecule has 1 aromatic carbocycles. The minimum Gasteiger partial charge on any atom is -0.350 e. The van der Waals surface area contributed by atoms with Gasteiger partial charge in [-0.05, 0) is 48.9 Å². The van der Waals surface area contributed by atoms with E-state index in [-0.39, 0.29) is 17.9 Å². The van der Waals surface area contributed by atoms with Crippen LogP contribution in [0, 0.1) is 11.8 Å². The molecule has 0 aliphatic carbocycles. The number of benzene rings is 1. The van der Waals surface area contributed by atoms with Crippen molar-refractivity contribution in [2.45, 2.75) is 52.6 Å². The molecule has 1 aliphatic heterocycles. The first kappa shape index (κ1) is 18.8. The summed E-state index contributed by atoms with van der Waals surface area (Å²) < 4.78 is 0. The summed E-state index contributed by atoms with van der Waals surface area (Å²) in [6.45, 7) is 8.94. The van der Waals surface area contributed by atoms with E-state index in [0.29, 0.717) is 35.4 Å². The van der Waals surface area contributed by atoms with Crippen LogP contribution >= 0.6 is 11.6 Å². The Balaban J connectivity index is 2.25. The summed E-state index contributed by atoms with van der Waals surface area (Å²) in [5.74, 6) is 0.663. The summed E-state index contributed by atoms with van der Waals surface area (Å²) in [4.78, 5) is 27.3. The number of halogens is 1. The van der Waals surface area contributed by atoms with E-state index in [1.165, 1.54) is 0 Å². The maximum atomic E-state index is 13.0. The van der Waals surface area contributed by atoms with E-state index in [1.807, 2.05) is 0 Å². The van der Waals surface area contributed by atoms with Crippen molar-refractivity contribution >= 4 is 23.4 Å². The van der Waals surface area contributed by atoms with Crippen LogP contribution in [0.25, 0.3) is 0 Å². The molecule has 1 aliphatic rings. The highest BCUT2D eigenvalue weighted by Gasteiger charge is 2.37. The highest BCUT2D eigenvalue weighted by molar-refractivity contribution is 6.30. The zero-order chi connectivity index (χ0) is 17.9. The van der Waals surface area contributed by atoms with Crippen LogP contribution in [0.15, 0.2) is 24.3 Å². The monoisotopic (exact) mass is 350 g/mol. The van der Waals surface area contributed by atoms with Crippen molar-refractivity contribution < 1.29 is 9.59 Å². The molecule has 1 saturated heterocycles. The third-order valence-electron chi connectivity index (χ3n) is 4.24. The molecule has 24 heavy (non-hydrogen) atoms. The minimum atomic E-state index is -0.406. The first-order valence-corrected chi connectivity index (χ1v) is 9.02. The molecule has 2 amide bonds. The fourth-order valence-corrected chi connectivity index (χ4v) is 3.34. The third-order valence-corrected chi connectivity index (χ3v) is 4.50. The molecule has 0 spiro atoms. The summed E-state index contributed by atoms with van der Waals surface area (Å²) in [7, 11) is 0. The number of rotatable bonds is 5. The molecular weight excluding hydrogens is 324 g/mol. The van der Waals surface area contributed by atoms with Gasteiger partial charge in [0.25, 0.3) is 5.91 Å². The second kappa shape index (κ2) is 8.02. The molecule has 1 N–H and O–H groups in total. The van der Waals surface area contributed by atoms with Crippen molar-refractivity contribution in [3.63, 3.8) is 0 Å². The Morgan fingerprint density at radius 2 is 1.75 bits per heavy atom. The molecule has 0 saturated carbocycles. The fourth-order valence-electron chi connectivity index (χ4n) is 3.22. The van der Waals surface area contributed by atoms with Crippen LogP contribution in [0.3, 0.4) is 0 Å². The Bertz CT molecular complexity index is 584.